The maximum atomic E-state index is 12.1. The van der Waals surface area contributed by atoms with Gasteiger partial charge < -0.3 is 10.1 Å². The molecular weight excluding hydrogens is 523 g/mol. The number of carbonyl (C=O) groups excluding carboxylic acids is 1. The maximum Gasteiger partial charge on any atom is 0.262 e. The second kappa shape index (κ2) is 10.7. The molecule has 31 heavy (non-hydrogen) atoms. The number of benzene rings is 3. The van der Waals surface area contributed by atoms with Crippen molar-refractivity contribution in [1.29, 1.82) is 5.26 Å². The average Bonchev–Trinajstić information content (AvgIpc) is 2.75. The van der Waals surface area contributed by atoms with Crippen molar-refractivity contribution in [1.82, 2.24) is 0 Å². The molecule has 0 aliphatic rings. The van der Waals surface area contributed by atoms with Gasteiger partial charge in [0.2, 0.25) is 0 Å². The number of anilines is 1. The summed E-state index contributed by atoms with van der Waals surface area (Å²) in [4.78, 5) is 12.1. The van der Waals surface area contributed by atoms with Crippen molar-refractivity contribution < 1.29 is 9.53 Å². The summed E-state index contributed by atoms with van der Waals surface area (Å²) in [6.45, 7) is -0.239. The van der Waals surface area contributed by atoms with Gasteiger partial charge >= 0.3 is 0 Å². The van der Waals surface area contributed by atoms with Crippen LogP contribution in [0.3, 0.4) is 0 Å². The Bertz CT molecular complexity index is 1190. The molecule has 0 fully saturated rings. The fourth-order valence-corrected chi connectivity index (χ4v) is 3.42. The summed E-state index contributed by atoms with van der Waals surface area (Å²) in [5, 5.41) is 13.2. The third-order valence-electron chi connectivity index (χ3n) is 4.10. The minimum atomic E-state index is -0.375. The molecule has 0 spiro atoms. The van der Waals surface area contributed by atoms with E-state index >= 15 is 0 Å². The van der Waals surface area contributed by atoms with Crippen LogP contribution in [0, 0.1) is 11.3 Å². The normalized spacial score (nSPS) is 11.0. The van der Waals surface area contributed by atoms with Gasteiger partial charge in [0.1, 0.15) is 5.75 Å². The first-order valence-corrected chi connectivity index (χ1v) is 10.8. The number of hydrogen-bond donors (Lipinski definition) is 1. The van der Waals surface area contributed by atoms with Gasteiger partial charge in [-0.25, -0.2) is 0 Å². The molecule has 3 aromatic carbocycles. The van der Waals surface area contributed by atoms with Gasteiger partial charge in [0.05, 0.1) is 26.7 Å². The van der Waals surface area contributed by atoms with Gasteiger partial charge in [0, 0.05) is 10.2 Å². The van der Waals surface area contributed by atoms with E-state index in [4.69, 9.17) is 39.5 Å². The van der Waals surface area contributed by atoms with Crippen LogP contribution in [0.1, 0.15) is 11.1 Å². The number of nitriles is 1. The van der Waals surface area contributed by atoms with E-state index in [0.29, 0.717) is 32.1 Å². The third-order valence-corrected chi connectivity index (χ3v) is 5.67. The lowest BCUT2D eigenvalue weighted by Crippen LogP contribution is -2.20. The summed E-state index contributed by atoms with van der Waals surface area (Å²) in [7, 11) is 0. The molecule has 0 saturated carbocycles. The first kappa shape index (κ1) is 23.2. The first-order chi connectivity index (χ1) is 14.9. The van der Waals surface area contributed by atoms with E-state index in [1.54, 1.807) is 42.5 Å². The summed E-state index contributed by atoms with van der Waals surface area (Å²) in [6, 6.07) is 19.5. The van der Waals surface area contributed by atoms with Crippen LogP contribution in [0.2, 0.25) is 15.1 Å². The summed E-state index contributed by atoms with van der Waals surface area (Å²) in [6.07, 6.45) is 1.73. The molecule has 8 heteroatoms. The quantitative estimate of drug-likeness (QED) is 0.262. The molecule has 0 bridgehead atoms. The predicted molar refractivity (Wildman–Crippen MR) is 130 cm³/mol. The minimum absolute atomic E-state index is 0.239. The van der Waals surface area contributed by atoms with Gasteiger partial charge in [-0.15, -0.1) is 0 Å². The van der Waals surface area contributed by atoms with Crippen LogP contribution in [0.4, 0.5) is 5.69 Å². The Hall–Kier alpha value is -2.49. The molecule has 3 aromatic rings. The molecule has 0 heterocycles. The van der Waals surface area contributed by atoms with Crippen molar-refractivity contribution in [3.05, 3.63) is 91.3 Å². The van der Waals surface area contributed by atoms with E-state index in [-0.39, 0.29) is 12.5 Å². The van der Waals surface area contributed by atoms with E-state index in [1.807, 2.05) is 24.3 Å². The highest BCUT2D eigenvalue weighted by atomic mass is 79.9. The highest BCUT2D eigenvalue weighted by Crippen LogP contribution is 2.28. The molecule has 0 unspecified atom stereocenters. The zero-order valence-electron chi connectivity index (χ0n) is 15.8. The van der Waals surface area contributed by atoms with Crippen LogP contribution in [0.15, 0.2) is 65.1 Å². The van der Waals surface area contributed by atoms with Crippen LogP contribution in [-0.2, 0) is 4.79 Å². The van der Waals surface area contributed by atoms with Crippen molar-refractivity contribution >= 4 is 74.0 Å². The van der Waals surface area contributed by atoms with Crippen molar-refractivity contribution in [2.75, 3.05) is 11.9 Å². The minimum Gasteiger partial charge on any atom is -0.482 e. The fourth-order valence-electron chi connectivity index (χ4n) is 2.61. The van der Waals surface area contributed by atoms with E-state index in [1.165, 1.54) is 0 Å². The van der Waals surface area contributed by atoms with Crippen molar-refractivity contribution in [2.24, 2.45) is 0 Å². The van der Waals surface area contributed by atoms with Crippen LogP contribution in [0.25, 0.3) is 11.6 Å². The Balaban J connectivity index is 1.66. The van der Waals surface area contributed by atoms with Gasteiger partial charge in [-0.2, -0.15) is 5.26 Å². The van der Waals surface area contributed by atoms with Crippen molar-refractivity contribution in [3.8, 4) is 11.8 Å². The largest absolute Gasteiger partial charge is 0.482 e. The van der Waals surface area contributed by atoms with Gasteiger partial charge in [0.25, 0.3) is 5.91 Å². The standard InChI is InChI=1S/C23H14BrCl3N2O2/c24-17-4-2-15(3-5-17)16(12-28)9-14-1-8-22(21(27)10-14)31-13-23(30)29-18-6-7-19(25)20(26)11-18/h1-11H,13H2,(H,29,30)/b16-9+. The van der Waals surface area contributed by atoms with E-state index < -0.39 is 0 Å². The van der Waals surface area contributed by atoms with Crippen molar-refractivity contribution in [3.63, 3.8) is 0 Å². The van der Waals surface area contributed by atoms with Crippen LogP contribution < -0.4 is 10.1 Å². The fraction of sp³-hybridized carbons (Fsp3) is 0.0435. The second-order valence-electron chi connectivity index (χ2n) is 6.33. The number of ether oxygens (including phenoxy) is 1. The van der Waals surface area contributed by atoms with Gasteiger partial charge in [-0.3, -0.25) is 4.79 Å². The molecule has 0 atom stereocenters. The molecule has 3 rings (SSSR count). The lowest BCUT2D eigenvalue weighted by Gasteiger charge is -2.10. The number of halogens is 4. The van der Waals surface area contributed by atoms with Gasteiger partial charge in [-0.1, -0.05) is 68.9 Å². The summed E-state index contributed by atoms with van der Waals surface area (Å²) < 4.78 is 6.45. The lowest BCUT2D eigenvalue weighted by molar-refractivity contribution is -0.118. The molecule has 0 radical (unpaired) electrons. The Morgan fingerprint density at radius 2 is 1.74 bits per heavy atom. The number of nitrogens with one attached hydrogen (secondary N) is 1. The Labute approximate surface area is 203 Å². The summed E-state index contributed by atoms with van der Waals surface area (Å²) >= 11 is 21.5. The smallest absolute Gasteiger partial charge is 0.262 e. The number of amides is 1. The number of carbonyl (C=O) groups is 1. The van der Waals surface area contributed by atoms with Crippen LogP contribution >= 0.6 is 50.7 Å². The zero-order chi connectivity index (χ0) is 22.4. The number of rotatable bonds is 6. The highest BCUT2D eigenvalue weighted by molar-refractivity contribution is 9.10. The monoisotopic (exact) mass is 534 g/mol. The zero-order valence-corrected chi connectivity index (χ0v) is 19.7. The number of allylic oxidation sites excluding steroid dienone is 1. The molecule has 0 aliphatic heterocycles. The Morgan fingerprint density at radius 3 is 2.39 bits per heavy atom. The van der Waals surface area contributed by atoms with Gasteiger partial charge in [0.15, 0.2) is 6.61 Å². The molecule has 0 aliphatic carbocycles. The topological polar surface area (TPSA) is 62.1 Å². The Kier molecular flexibility index (Phi) is 8.00. The molecule has 0 saturated heterocycles. The van der Waals surface area contributed by atoms with Crippen molar-refractivity contribution in [2.45, 2.75) is 0 Å². The molecule has 1 N–H and O–H groups in total. The molecule has 4 nitrogen and oxygen atoms in total. The molecule has 0 aromatic heterocycles. The SMILES string of the molecule is N#C/C(=C\c1ccc(OCC(=O)Nc2ccc(Cl)c(Cl)c2)c(Cl)c1)c1ccc(Br)cc1. The summed E-state index contributed by atoms with van der Waals surface area (Å²) in [5.41, 5.74) is 2.53. The molecule has 1 amide bonds. The van der Waals surface area contributed by atoms with E-state index in [2.05, 4.69) is 27.3 Å². The maximum absolute atomic E-state index is 12.1. The van der Waals surface area contributed by atoms with Gasteiger partial charge in [-0.05, 0) is 59.7 Å². The van der Waals surface area contributed by atoms with E-state index in [0.717, 1.165) is 15.6 Å². The summed E-state index contributed by atoms with van der Waals surface area (Å²) in [5.74, 6) is -0.0225. The Morgan fingerprint density at radius 1 is 1.00 bits per heavy atom. The highest BCUT2D eigenvalue weighted by Gasteiger charge is 2.09. The number of nitrogens with zero attached hydrogens (tertiary/aromatic N) is 1. The molecular formula is C23H14BrCl3N2O2. The lowest BCUT2D eigenvalue weighted by atomic mass is 10.0. The number of hydrogen-bond acceptors (Lipinski definition) is 3. The van der Waals surface area contributed by atoms with E-state index in [9.17, 15) is 10.1 Å². The first-order valence-electron chi connectivity index (χ1n) is 8.90. The molecule has 156 valence electrons. The van der Waals surface area contributed by atoms with Crippen LogP contribution in [0.5, 0.6) is 5.75 Å². The van der Waals surface area contributed by atoms with Crippen LogP contribution in [-0.4, -0.2) is 12.5 Å². The average molecular weight is 537 g/mol. The second-order valence-corrected chi connectivity index (χ2v) is 8.47. The third kappa shape index (κ3) is 6.49. The predicted octanol–water partition coefficient (Wildman–Crippen LogP) is 7.49.